The molecule has 0 spiro atoms. The molecule has 2 aromatic rings. The molecule has 1 N–H and O–H groups in total. The Kier molecular flexibility index (Phi) is 6.82. The molecule has 31 heavy (non-hydrogen) atoms. The number of oxime groups is 1. The monoisotopic (exact) mass is 437 g/mol. The molecule has 1 heterocycles. The van der Waals surface area contributed by atoms with Crippen LogP contribution in [0.5, 0.6) is 0 Å². The smallest absolute Gasteiger partial charge is 0.390 e. The van der Waals surface area contributed by atoms with E-state index in [0.717, 1.165) is 12.1 Å². The fourth-order valence-corrected chi connectivity index (χ4v) is 3.19. The predicted octanol–water partition coefficient (Wildman–Crippen LogP) is 4.96. The number of urea groups is 1. The first kappa shape index (κ1) is 22.6. The third-order valence-corrected chi connectivity index (χ3v) is 4.67. The van der Waals surface area contributed by atoms with Gasteiger partial charge in [-0.2, -0.15) is 13.2 Å². The minimum atomic E-state index is -4.42. The van der Waals surface area contributed by atoms with Crippen molar-refractivity contribution < 1.29 is 27.2 Å². The molecule has 0 aliphatic carbocycles. The van der Waals surface area contributed by atoms with Crippen molar-refractivity contribution in [2.24, 2.45) is 5.16 Å². The Bertz CT molecular complexity index is 943. The number of nitrogens with one attached hydrogen (secondary N) is 1. The third-order valence-electron chi connectivity index (χ3n) is 4.67. The van der Waals surface area contributed by atoms with Crippen LogP contribution in [0.3, 0.4) is 0 Å². The molecule has 5 nitrogen and oxygen atoms in total. The van der Waals surface area contributed by atoms with E-state index >= 15 is 0 Å². The molecule has 9 heteroatoms. The molecular formula is C22H23F4N3O2. The number of alkyl halides is 3. The van der Waals surface area contributed by atoms with Gasteiger partial charge in [0.25, 0.3) is 0 Å². The topological polar surface area (TPSA) is 53.9 Å². The number of carbonyl (C=O) groups excluding carboxylic acids is 1. The molecule has 1 atom stereocenters. The summed E-state index contributed by atoms with van der Waals surface area (Å²) in [5.41, 5.74) is 0.976. The van der Waals surface area contributed by atoms with Crippen LogP contribution >= 0.6 is 0 Å². The standard InChI is InChI=1S/C22H23F4N3O2/c1-14(2)27-21(30)29(12-15-6-8-17(9-7-15)22(24,25)26)13-19-11-20(28-31-19)16-4-3-5-18(23)10-16/h3-10,14,19H,11-13H2,1-2H3,(H,27,30)/t19-/m1/s1. The summed E-state index contributed by atoms with van der Waals surface area (Å²) >= 11 is 0. The Hall–Kier alpha value is -3.10. The van der Waals surface area contributed by atoms with Gasteiger partial charge in [0.05, 0.1) is 17.8 Å². The van der Waals surface area contributed by atoms with Crippen LogP contribution in [0.25, 0.3) is 0 Å². The Labute approximate surface area is 177 Å². The lowest BCUT2D eigenvalue weighted by molar-refractivity contribution is -0.137. The highest BCUT2D eigenvalue weighted by atomic mass is 19.4. The molecule has 0 saturated carbocycles. The third kappa shape index (κ3) is 6.19. The summed E-state index contributed by atoms with van der Waals surface area (Å²) in [5, 5.41) is 6.80. The van der Waals surface area contributed by atoms with Gasteiger partial charge in [-0.05, 0) is 43.7 Å². The number of hydrogen-bond donors (Lipinski definition) is 1. The van der Waals surface area contributed by atoms with Crippen LogP contribution < -0.4 is 5.32 Å². The van der Waals surface area contributed by atoms with Gasteiger partial charge in [0.15, 0.2) is 6.10 Å². The van der Waals surface area contributed by atoms with Gasteiger partial charge in [-0.1, -0.05) is 29.4 Å². The van der Waals surface area contributed by atoms with Crippen LogP contribution in [0.15, 0.2) is 53.7 Å². The normalized spacial score (nSPS) is 16.1. The highest BCUT2D eigenvalue weighted by molar-refractivity contribution is 6.01. The number of hydrogen-bond acceptors (Lipinski definition) is 3. The van der Waals surface area contributed by atoms with E-state index in [0.29, 0.717) is 23.3 Å². The Morgan fingerprint density at radius 3 is 2.55 bits per heavy atom. The summed E-state index contributed by atoms with van der Waals surface area (Å²) in [6, 6.07) is 10.2. The van der Waals surface area contributed by atoms with Crippen LogP contribution in [0.1, 0.15) is 37.0 Å². The summed E-state index contributed by atoms with van der Waals surface area (Å²) in [5.74, 6) is -0.385. The van der Waals surface area contributed by atoms with Crippen LogP contribution in [-0.2, 0) is 17.6 Å². The van der Waals surface area contributed by atoms with E-state index in [-0.39, 0.29) is 31.0 Å². The Morgan fingerprint density at radius 2 is 1.94 bits per heavy atom. The van der Waals surface area contributed by atoms with Crippen molar-refractivity contribution in [3.63, 3.8) is 0 Å². The second-order valence-corrected chi connectivity index (χ2v) is 7.66. The average Bonchev–Trinajstić information content (AvgIpc) is 3.15. The van der Waals surface area contributed by atoms with Gasteiger partial charge in [0, 0.05) is 24.6 Å². The lowest BCUT2D eigenvalue weighted by Crippen LogP contribution is -2.45. The maximum absolute atomic E-state index is 13.5. The van der Waals surface area contributed by atoms with E-state index in [9.17, 15) is 22.4 Å². The molecule has 1 aliphatic rings. The summed E-state index contributed by atoms with van der Waals surface area (Å²) < 4.78 is 51.9. The first-order valence-corrected chi connectivity index (χ1v) is 9.82. The van der Waals surface area contributed by atoms with Crippen LogP contribution in [-0.4, -0.2) is 35.3 Å². The van der Waals surface area contributed by atoms with Gasteiger partial charge in [-0.15, -0.1) is 0 Å². The van der Waals surface area contributed by atoms with Crippen LogP contribution in [0, 0.1) is 5.82 Å². The molecule has 0 radical (unpaired) electrons. The van der Waals surface area contributed by atoms with E-state index in [1.807, 2.05) is 13.8 Å². The molecule has 2 aromatic carbocycles. The van der Waals surface area contributed by atoms with Crippen LogP contribution in [0.2, 0.25) is 0 Å². The number of halogens is 4. The molecule has 0 saturated heterocycles. The zero-order valence-electron chi connectivity index (χ0n) is 17.1. The second-order valence-electron chi connectivity index (χ2n) is 7.66. The molecule has 0 bridgehead atoms. The van der Waals surface area contributed by atoms with Crippen molar-refractivity contribution >= 4 is 11.7 Å². The number of carbonyl (C=O) groups is 1. The largest absolute Gasteiger partial charge is 0.416 e. The predicted molar refractivity (Wildman–Crippen MR) is 108 cm³/mol. The van der Waals surface area contributed by atoms with E-state index < -0.39 is 17.8 Å². The van der Waals surface area contributed by atoms with Crippen molar-refractivity contribution in [2.45, 2.75) is 45.1 Å². The minimum Gasteiger partial charge on any atom is -0.390 e. The molecule has 1 aliphatic heterocycles. The zero-order valence-corrected chi connectivity index (χ0v) is 17.1. The highest BCUT2D eigenvalue weighted by Crippen LogP contribution is 2.29. The minimum absolute atomic E-state index is 0.103. The van der Waals surface area contributed by atoms with Gasteiger partial charge >= 0.3 is 12.2 Å². The number of nitrogens with zero attached hydrogens (tertiary/aromatic N) is 2. The lowest BCUT2D eigenvalue weighted by atomic mass is 10.0. The van der Waals surface area contributed by atoms with Crippen LogP contribution in [0.4, 0.5) is 22.4 Å². The fourth-order valence-electron chi connectivity index (χ4n) is 3.19. The fraction of sp³-hybridized carbons (Fsp3) is 0.364. The average molecular weight is 437 g/mol. The number of rotatable bonds is 6. The van der Waals surface area contributed by atoms with Crippen molar-refractivity contribution in [3.8, 4) is 0 Å². The van der Waals surface area contributed by atoms with Gasteiger partial charge in [0.2, 0.25) is 0 Å². The SMILES string of the molecule is CC(C)NC(=O)N(Cc1ccc(C(F)(F)F)cc1)C[C@H]1CC(c2cccc(F)c2)=NO1. The van der Waals surface area contributed by atoms with Crippen molar-refractivity contribution in [1.82, 2.24) is 10.2 Å². The highest BCUT2D eigenvalue weighted by Gasteiger charge is 2.31. The summed E-state index contributed by atoms with van der Waals surface area (Å²) in [4.78, 5) is 19.6. The summed E-state index contributed by atoms with van der Waals surface area (Å²) in [6.07, 6.45) is -4.50. The first-order valence-electron chi connectivity index (χ1n) is 9.82. The molecule has 0 fully saturated rings. The molecule has 166 valence electrons. The van der Waals surface area contributed by atoms with Crippen molar-refractivity contribution in [1.29, 1.82) is 0 Å². The van der Waals surface area contributed by atoms with Gasteiger partial charge in [-0.3, -0.25) is 0 Å². The second kappa shape index (κ2) is 9.36. The molecule has 0 aromatic heterocycles. The summed E-state index contributed by atoms with van der Waals surface area (Å²) in [7, 11) is 0. The molecule has 0 unspecified atom stereocenters. The Morgan fingerprint density at radius 1 is 1.23 bits per heavy atom. The Balaban J connectivity index is 1.69. The maximum Gasteiger partial charge on any atom is 0.416 e. The zero-order chi connectivity index (χ0) is 22.6. The first-order chi connectivity index (χ1) is 14.6. The van der Waals surface area contributed by atoms with E-state index in [1.165, 1.54) is 29.2 Å². The molecule has 2 amide bonds. The van der Waals surface area contributed by atoms with Gasteiger partial charge in [0.1, 0.15) is 5.82 Å². The number of amides is 2. The lowest BCUT2D eigenvalue weighted by Gasteiger charge is -2.26. The van der Waals surface area contributed by atoms with E-state index in [2.05, 4.69) is 10.5 Å². The number of benzene rings is 2. The van der Waals surface area contributed by atoms with Gasteiger partial charge in [-0.25, -0.2) is 9.18 Å². The quantitative estimate of drug-likeness (QED) is 0.650. The van der Waals surface area contributed by atoms with Crippen molar-refractivity contribution in [3.05, 3.63) is 71.0 Å². The van der Waals surface area contributed by atoms with E-state index in [1.54, 1.807) is 12.1 Å². The van der Waals surface area contributed by atoms with E-state index in [4.69, 9.17) is 4.84 Å². The molecule has 3 rings (SSSR count). The van der Waals surface area contributed by atoms with Crippen molar-refractivity contribution in [2.75, 3.05) is 6.54 Å². The molecular weight excluding hydrogens is 414 g/mol. The van der Waals surface area contributed by atoms with Gasteiger partial charge < -0.3 is 15.1 Å². The summed E-state index contributed by atoms with van der Waals surface area (Å²) in [6.45, 7) is 3.89. The maximum atomic E-state index is 13.5.